The molecule has 2 heterocycles. The molecule has 0 spiro atoms. The summed E-state index contributed by atoms with van der Waals surface area (Å²) in [5.74, 6) is -0.562. The van der Waals surface area contributed by atoms with Gasteiger partial charge in [-0.3, -0.25) is 4.79 Å². The number of aromatic nitrogens is 3. The minimum atomic E-state index is -0.562. The van der Waals surface area contributed by atoms with E-state index in [1.165, 1.54) is 29.2 Å². The van der Waals surface area contributed by atoms with Gasteiger partial charge in [-0.15, -0.1) is 4.73 Å². The quantitative estimate of drug-likeness (QED) is 0.189. The minimum Gasteiger partial charge on any atom is -0.363 e. The van der Waals surface area contributed by atoms with Crippen LogP contribution in [0.1, 0.15) is 48.4 Å². The average Bonchev–Trinajstić information content (AvgIpc) is 3.45. The summed E-state index contributed by atoms with van der Waals surface area (Å²) in [6, 6.07) is 31.3. The van der Waals surface area contributed by atoms with Gasteiger partial charge in [0, 0.05) is 54.9 Å². The van der Waals surface area contributed by atoms with E-state index in [0.717, 1.165) is 53.4 Å². The van der Waals surface area contributed by atoms with Crippen molar-refractivity contribution in [3.05, 3.63) is 130 Å². The largest absolute Gasteiger partial charge is 0.363 e. The van der Waals surface area contributed by atoms with E-state index in [1.807, 2.05) is 24.4 Å². The number of aryl methyl sites for hydroxylation is 3. The van der Waals surface area contributed by atoms with Crippen molar-refractivity contribution in [1.82, 2.24) is 14.3 Å². The lowest BCUT2D eigenvalue weighted by Gasteiger charge is -2.26. The van der Waals surface area contributed by atoms with Gasteiger partial charge in [-0.05, 0) is 91.2 Å². The van der Waals surface area contributed by atoms with Gasteiger partial charge in [0.15, 0.2) is 0 Å². The summed E-state index contributed by atoms with van der Waals surface area (Å²) in [5, 5.41) is 0.905. The molecule has 0 aliphatic heterocycles. The Balaban J connectivity index is 1.42. The van der Waals surface area contributed by atoms with Crippen LogP contribution >= 0.6 is 0 Å². The Morgan fingerprint density at radius 2 is 1.53 bits per heavy atom. The maximum atomic E-state index is 14.2. The highest BCUT2D eigenvalue weighted by Gasteiger charge is 2.22. The standard InChI is InChI=1S/C39H39N5O3/c1-27(45)47-44-37-22-31-16-9-8-15-30(31)21-35(37)41-38(39(44)46)34-26-42(20-10-19-40)36-18-17-32(23-33(34)36)43(24-28-11-4-2-5-12-28)25-29-13-6-3-7-14-29/h2-7,11-14,17-18,21-23,26H,8-10,15-16,19-20,24-25,40H2,1H3. The maximum absolute atomic E-state index is 14.2. The normalized spacial score (nSPS) is 12.7. The first-order valence-electron chi connectivity index (χ1n) is 16.4. The van der Waals surface area contributed by atoms with E-state index < -0.39 is 11.5 Å². The zero-order chi connectivity index (χ0) is 32.3. The van der Waals surface area contributed by atoms with Crippen molar-refractivity contribution in [3.63, 3.8) is 0 Å². The second kappa shape index (κ2) is 13.3. The second-order valence-electron chi connectivity index (χ2n) is 12.4. The Morgan fingerprint density at radius 1 is 0.872 bits per heavy atom. The van der Waals surface area contributed by atoms with Crippen LogP contribution in [0.25, 0.3) is 33.2 Å². The van der Waals surface area contributed by atoms with Crippen LogP contribution in [0.3, 0.4) is 0 Å². The molecule has 47 heavy (non-hydrogen) atoms. The summed E-state index contributed by atoms with van der Waals surface area (Å²) < 4.78 is 3.29. The number of rotatable bonds is 10. The zero-order valence-electron chi connectivity index (χ0n) is 26.7. The predicted octanol–water partition coefficient (Wildman–Crippen LogP) is 6.43. The van der Waals surface area contributed by atoms with Gasteiger partial charge in [0.25, 0.3) is 0 Å². The molecule has 0 radical (unpaired) electrons. The Bertz CT molecular complexity index is 2080. The van der Waals surface area contributed by atoms with Crippen molar-refractivity contribution in [2.24, 2.45) is 5.73 Å². The average molecular weight is 626 g/mol. The van der Waals surface area contributed by atoms with Gasteiger partial charge >= 0.3 is 11.5 Å². The van der Waals surface area contributed by atoms with Gasteiger partial charge < -0.3 is 20.0 Å². The SMILES string of the molecule is CC(=O)On1c(=O)c(-c2cn(CCCN)c3ccc(N(Cc4ccccc4)Cc4ccccc4)cc23)nc2cc3c(cc21)CCCC3. The first-order chi connectivity index (χ1) is 23.0. The fourth-order valence-electron chi connectivity index (χ4n) is 6.74. The molecule has 238 valence electrons. The lowest BCUT2D eigenvalue weighted by molar-refractivity contribution is -0.141. The molecule has 2 N–H and O–H groups in total. The fraction of sp³-hybridized carbons (Fsp3) is 0.256. The van der Waals surface area contributed by atoms with Crippen molar-refractivity contribution in [3.8, 4) is 11.3 Å². The molecule has 1 aliphatic carbocycles. The molecule has 8 heteroatoms. The highest BCUT2D eigenvalue weighted by Crippen LogP contribution is 2.34. The number of fused-ring (bicyclic) bond motifs is 3. The monoisotopic (exact) mass is 625 g/mol. The highest BCUT2D eigenvalue weighted by atomic mass is 16.7. The molecule has 0 amide bonds. The van der Waals surface area contributed by atoms with Crippen molar-refractivity contribution in [1.29, 1.82) is 0 Å². The number of carbonyl (C=O) groups excluding carboxylic acids is 1. The third-order valence-electron chi connectivity index (χ3n) is 9.02. The van der Waals surface area contributed by atoms with Crippen LogP contribution in [-0.2, 0) is 37.3 Å². The topological polar surface area (TPSA) is 95.4 Å². The van der Waals surface area contributed by atoms with Crippen LogP contribution in [-0.4, -0.2) is 26.8 Å². The number of benzene rings is 4. The number of hydrogen-bond donors (Lipinski definition) is 1. The van der Waals surface area contributed by atoms with Crippen molar-refractivity contribution >= 4 is 33.6 Å². The van der Waals surface area contributed by atoms with Crippen molar-refractivity contribution in [2.75, 3.05) is 11.4 Å². The number of nitrogens with zero attached hydrogens (tertiary/aromatic N) is 4. The smallest absolute Gasteiger partial charge is 0.330 e. The summed E-state index contributed by atoms with van der Waals surface area (Å²) in [7, 11) is 0. The maximum Gasteiger partial charge on any atom is 0.330 e. The third kappa shape index (κ3) is 6.29. The van der Waals surface area contributed by atoms with Gasteiger partial charge in [0.1, 0.15) is 11.2 Å². The van der Waals surface area contributed by atoms with Gasteiger partial charge in [0.05, 0.1) is 5.52 Å². The molecule has 7 rings (SSSR count). The van der Waals surface area contributed by atoms with E-state index in [2.05, 4.69) is 82.3 Å². The summed E-state index contributed by atoms with van der Waals surface area (Å²) in [5.41, 5.74) is 14.4. The second-order valence-corrected chi connectivity index (χ2v) is 12.4. The Morgan fingerprint density at radius 3 is 2.17 bits per heavy atom. The molecular weight excluding hydrogens is 586 g/mol. The number of carbonyl (C=O) groups is 1. The van der Waals surface area contributed by atoms with Gasteiger partial charge in [0.2, 0.25) is 0 Å². The van der Waals surface area contributed by atoms with Crippen molar-refractivity contribution < 1.29 is 9.63 Å². The van der Waals surface area contributed by atoms with Gasteiger partial charge in [-0.1, -0.05) is 60.7 Å². The van der Waals surface area contributed by atoms with Gasteiger partial charge in [-0.25, -0.2) is 9.78 Å². The van der Waals surface area contributed by atoms with Gasteiger partial charge in [-0.2, -0.15) is 0 Å². The molecule has 0 unspecified atom stereocenters. The predicted molar refractivity (Wildman–Crippen MR) is 187 cm³/mol. The molecule has 0 fully saturated rings. The Hall–Kier alpha value is -5.21. The zero-order valence-corrected chi connectivity index (χ0v) is 26.7. The van der Waals surface area contributed by atoms with E-state index in [-0.39, 0.29) is 5.69 Å². The summed E-state index contributed by atoms with van der Waals surface area (Å²) in [6.45, 7) is 3.98. The van der Waals surface area contributed by atoms with Crippen LogP contribution in [0.4, 0.5) is 5.69 Å². The molecule has 2 aromatic heterocycles. The molecule has 8 nitrogen and oxygen atoms in total. The van der Waals surface area contributed by atoms with Crippen LogP contribution in [0.2, 0.25) is 0 Å². The van der Waals surface area contributed by atoms with E-state index in [4.69, 9.17) is 15.6 Å². The van der Waals surface area contributed by atoms with Crippen LogP contribution < -0.4 is 21.0 Å². The molecule has 4 aromatic carbocycles. The van der Waals surface area contributed by atoms with E-state index in [0.29, 0.717) is 42.8 Å². The lowest BCUT2D eigenvalue weighted by Crippen LogP contribution is -2.32. The molecule has 0 saturated carbocycles. The molecule has 0 bridgehead atoms. The van der Waals surface area contributed by atoms with E-state index in [1.54, 1.807) is 0 Å². The highest BCUT2D eigenvalue weighted by molar-refractivity contribution is 5.98. The Kier molecular flexibility index (Phi) is 8.59. The number of nitrogens with two attached hydrogens (primary N) is 1. The lowest BCUT2D eigenvalue weighted by atomic mass is 9.91. The van der Waals surface area contributed by atoms with Crippen LogP contribution in [0, 0.1) is 0 Å². The fourth-order valence-corrected chi connectivity index (χ4v) is 6.74. The number of anilines is 1. The summed E-state index contributed by atoms with van der Waals surface area (Å²) in [6.07, 6.45) is 6.90. The first kappa shape index (κ1) is 30.4. The molecular formula is C39H39N5O3. The summed E-state index contributed by atoms with van der Waals surface area (Å²) >= 11 is 0. The summed E-state index contributed by atoms with van der Waals surface area (Å²) in [4.78, 5) is 39.4. The number of hydrogen-bond acceptors (Lipinski definition) is 6. The molecule has 1 aliphatic rings. The van der Waals surface area contributed by atoms with E-state index in [9.17, 15) is 9.59 Å². The molecule has 0 saturated heterocycles. The van der Waals surface area contributed by atoms with Crippen LogP contribution in [0.5, 0.6) is 0 Å². The van der Waals surface area contributed by atoms with E-state index >= 15 is 0 Å². The van der Waals surface area contributed by atoms with Crippen LogP contribution in [0.15, 0.2) is 102 Å². The van der Waals surface area contributed by atoms with Crippen molar-refractivity contribution in [2.45, 2.75) is 58.7 Å². The molecule has 6 aromatic rings. The molecule has 0 atom stereocenters. The third-order valence-corrected chi connectivity index (χ3v) is 9.02. The first-order valence-corrected chi connectivity index (χ1v) is 16.4. The minimum absolute atomic E-state index is 0.251. The Labute approximate surface area is 274 Å².